The van der Waals surface area contributed by atoms with Gasteiger partial charge in [0.2, 0.25) is 0 Å². The van der Waals surface area contributed by atoms with Crippen molar-refractivity contribution < 1.29 is 4.74 Å². The summed E-state index contributed by atoms with van der Waals surface area (Å²) < 4.78 is 5.16. The van der Waals surface area contributed by atoms with E-state index in [4.69, 9.17) is 10.6 Å². The number of hydrogen-bond acceptors (Lipinski definition) is 5. The van der Waals surface area contributed by atoms with E-state index in [1.807, 2.05) is 24.3 Å². The van der Waals surface area contributed by atoms with Gasteiger partial charge in [0.05, 0.1) is 7.11 Å². The maximum absolute atomic E-state index is 5.30. The van der Waals surface area contributed by atoms with E-state index < -0.39 is 0 Å². The second-order valence-electron chi connectivity index (χ2n) is 3.53. The van der Waals surface area contributed by atoms with Crippen LogP contribution in [0.25, 0.3) is 0 Å². The summed E-state index contributed by atoms with van der Waals surface area (Å²) in [5, 5.41) is 0. The minimum Gasteiger partial charge on any atom is -0.497 e. The minimum absolute atomic E-state index is 0.609. The lowest BCUT2D eigenvalue weighted by molar-refractivity contribution is 0.414. The number of anilines is 1. The third-order valence-corrected chi connectivity index (χ3v) is 2.35. The number of nitrogens with zero attached hydrogens (tertiary/aromatic N) is 2. The topological polar surface area (TPSA) is 73.1 Å². The van der Waals surface area contributed by atoms with E-state index in [0.717, 1.165) is 11.3 Å². The molecule has 5 heteroatoms. The largest absolute Gasteiger partial charge is 0.497 e. The van der Waals surface area contributed by atoms with Crippen LogP contribution in [-0.2, 0) is 6.42 Å². The number of nitrogens with one attached hydrogen (secondary N) is 1. The predicted octanol–water partition coefficient (Wildman–Crippen LogP) is 1.36. The van der Waals surface area contributed by atoms with E-state index in [1.54, 1.807) is 19.4 Å². The Bertz CT molecular complexity index is 456. The lowest BCUT2D eigenvalue weighted by Crippen LogP contribution is -2.10. The highest BCUT2D eigenvalue weighted by Crippen LogP contribution is 2.15. The van der Waals surface area contributed by atoms with Crippen LogP contribution in [-0.4, -0.2) is 17.1 Å². The second kappa shape index (κ2) is 5.27. The van der Waals surface area contributed by atoms with Crippen LogP contribution in [0.4, 0.5) is 5.82 Å². The highest BCUT2D eigenvalue weighted by Gasteiger charge is 2.01. The molecule has 3 N–H and O–H groups in total. The van der Waals surface area contributed by atoms with E-state index in [1.165, 1.54) is 0 Å². The molecule has 1 aromatic heterocycles. The zero-order valence-corrected chi connectivity index (χ0v) is 9.55. The molecule has 1 aromatic carbocycles. The van der Waals surface area contributed by atoms with Crippen molar-refractivity contribution in [2.45, 2.75) is 6.42 Å². The van der Waals surface area contributed by atoms with Crippen LogP contribution in [0.2, 0.25) is 0 Å². The van der Waals surface area contributed by atoms with Crippen LogP contribution in [0.3, 0.4) is 0 Å². The fourth-order valence-corrected chi connectivity index (χ4v) is 1.53. The summed E-state index contributed by atoms with van der Waals surface area (Å²) in [6.07, 6.45) is 2.32. The lowest BCUT2D eigenvalue weighted by atomic mass is 10.1. The van der Waals surface area contributed by atoms with Crippen LogP contribution in [0, 0.1) is 0 Å². The molecule has 2 rings (SSSR count). The van der Waals surface area contributed by atoms with Gasteiger partial charge >= 0.3 is 0 Å². The normalized spacial score (nSPS) is 10.0. The van der Waals surface area contributed by atoms with Crippen LogP contribution in [0.5, 0.6) is 5.75 Å². The van der Waals surface area contributed by atoms with Gasteiger partial charge in [0.1, 0.15) is 17.4 Å². The molecule has 0 bridgehead atoms. The smallest absolute Gasteiger partial charge is 0.143 e. The van der Waals surface area contributed by atoms with Crippen molar-refractivity contribution in [3.05, 3.63) is 47.9 Å². The van der Waals surface area contributed by atoms with Gasteiger partial charge < -0.3 is 10.2 Å². The molecule has 0 fully saturated rings. The monoisotopic (exact) mass is 230 g/mol. The molecule has 0 saturated carbocycles. The van der Waals surface area contributed by atoms with E-state index in [-0.39, 0.29) is 0 Å². The first-order valence-electron chi connectivity index (χ1n) is 5.23. The first kappa shape index (κ1) is 11.3. The number of ether oxygens (including phenoxy) is 1. The van der Waals surface area contributed by atoms with Crippen molar-refractivity contribution in [2.24, 2.45) is 5.84 Å². The Balaban J connectivity index is 2.18. The number of hydrazine groups is 1. The maximum atomic E-state index is 5.30. The van der Waals surface area contributed by atoms with Crippen molar-refractivity contribution in [3.8, 4) is 5.75 Å². The fourth-order valence-electron chi connectivity index (χ4n) is 1.53. The first-order chi connectivity index (χ1) is 8.31. The van der Waals surface area contributed by atoms with Crippen LogP contribution >= 0.6 is 0 Å². The molecule has 0 aliphatic rings. The average molecular weight is 230 g/mol. The number of aromatic nitrogens is 2. The van der Waals surface area contributed by atoms with Gasteiger partial charge in [-0.3, -0.25) is 0 Å². The minimum atomic E-state index is 0.609. The molecule has 5 nitrogen and oxygen atoms in total. The Morgan fingerprint density at radius 2 is 2.24 bits per heavy atom. The third kappa shape index (κ3) is 2.92. The van der Waals surface area contributed by atoms with Crippen molar-refractivity contribution in [3.63, 3.8) is 0 Å². The van der Waals surface area contributed by atoms with Gasteiger partial charge in [-0.2, -0.15) is 0 Å². The van der Waals surface area contributed by atoms with Crippen molar-refractivity contribution >= 4 is 5.82 Å². The Hall–Kier alpha value is -2.14. The van der Waals surface area contributed by atoms with Crippen molar-refractivity contribution in [1.82, 2.24) is 9.97 Å². The van der Waals surface area contributed by atoms with E-state index >= 15 is 0 Å². The molecule has 88 valence electrons. The Kier molecular flexibility index (Phi) is 3.52. The predicted molar refractivity (Wildman–Crippen MR) is 65.6 cm³/mol. The summed E-state index contributed by atoms with van der Waals surface area (Å²) in [5.74, 6) is 7.45. The van der Waals surface area contributed by atoms with Crippen LogP contribution < -0.4 is 16.0 Å². The SMILES string of the molecule is COc1cccc(Cc2nccc(NN)n2)c1. The number of hydrogen-bond donors (Lipinski definition) is 2. The van der Waals surface area contributed by atoms with Gasteiger partial charge in [0.15, 0.2) is 0 Å². The second-order valence-corrected chi connectivity index (χ2v) is 3.53. The van der Waals surface area contributed by atoms with E-state index in [2.05, 4.69) is 15.4 Å². The molecule has 0 amide bonds. The van der Waals surface area contributed by atoms with Gasteiger partial charge in [-0.05, 0) is 17.7 Å². The number of nitrogen functional groups attached to an aromatic ring is 1. The van der Waals surface area contributed by atoms with Gasteiger partial charge in [-0.25, -0.2) is 15.8 Å². The van der Waals surface area contributed by atoms with Crippen molar-refractivity contribution in [2.75, 3.05) is 12.5 Å². The number of benzene rings is 1. The lowest BCUT2D eigenvalue weighted by Gasteiger charge is -2.05. The molecule has 0 atom stereocenters. The van der Waals surface area contributed by atoms with E-state index in [0.29, 0.717) is 18.1 Å². The number of methoxy groups -OCH3 is 1. The highest BCUT2D eigenvalue weighted by atomic mass is 16.5. The molecule has 0 spiro atoms. The zero-order chi connectivity index (χ0) is 12.1. The Morgan fingerprint density at radius 3 is 3.00 bits per heavy atom. The average Bonchev–Trinajstić information content (AvgIpc) is 2.39. The summed E-state index contributed by atoms with van der Waals surface area (Å²) in [4.78, 5) is 8.44. The van der Waals surface area contributed by atoms with Crippen LogP contribution in [0.15, 0.2) is 36.5 Å². The highest BCUT2D eigenvalue weighted by molar-refractivity contribution is 5.33. The fraction of sp³-hybridized carbons (Fsp3) is 0.167. The molecular weight excluding hydrogens is 216 g/mol. The van der Waals surface area contributed by atoms with Crippen molar-refractivity contribution in [1.29, 1.82) is 0 Å². The molecule has 1 heterocycles. The third-order valence-electron chi connectivity index (χ3n) is 2.35. The van der Waals surface area contributed by atoms with Gasteiger partial charge in [-0.15, -0.1) is 0 Å². The summed E-state index contributed by atoms with van der Waals surface area (Å²) in [6.45, 7) is 0. The molecular formula is C12H14N4O. The van der Waals surface area contributed by atoms with E-state index in [9.17, 15) is 0 Å². The van der Waals surface area contributed by atoms with Gasteiger partial charge in [0.25, 0.3) is 0 Å². The molecule has 0 radical (unpaired) electrons. The first-order valence-corrected chi connectivity index (χ1v) is 5.23. The summed E-state index contributed by atoms with van der Waals surface area (Å²) in [7, 11) is 1.65. The summed E-state index contributed by atoms with van der Waals surface area (Å²) >= 11 is 0. The van der Waals surface area contributed by atoms with Crippen LogP contribution in [0.1, 0.15) is 11.4 Å². The molecule has 0 aliphatic carbocycles. The quantitative estimate of drug-likeness (QED) is 0.613. The zero-order valence-electron chi connectivity index (χ0n) is 9.55. The molecule has 0 aliphatic heterocycles. The van der Waals surface area contributed by atoms with Gasteiger partial charge in [0, 0.05) is 18.7 Å². The summed E-state index contributed by atoms with van der Waals surface area (Å²) in [5.41, 5.74) is 3.60. The van der Waals surface area contributed by atoms with Gasteiger partial charge in [-0.1, -0.05) is 12.1 Å². The molecule has 0 unspecified atom stereocenters. The number of rotatable bonds is 4. The number of nitrogens with two attached hydrogens (primary N) is 1. The molecule has 2 aromatic rings. The maximum Gasteiger partial charge on any atom is 0.143 e. The molecule has 17 heavy (non-hydrogen) atoms. The summed E-state index contributed by atoms with van der Waals surface area (Å²) in [6, 6.07) is 9.54. The Labute approximate surface area is 99.6 Å². The Morgan fingerprint density at radius 1 is 1.35 bits per heavy atom. The standard InChI is InChI=1S/C12H14N4O/c1-17-10-4-2-3-9(7-10)8-12-14-6-5-11(15-12)16-13/h2-7H,8,13H2,1H3,(H,14,15,16). The molecule has 0 saturated heterocycles.